The molecule has 2 aromatic carbocycles. The quantitative estimate of drug-likeness (QED) is 0.360. The molecule has 0 aliphatic carbocycles. The zero-order valence-electron chi connectivity index (χ0n) is 15.8. The van der Waals surface area contributed by atoms with Crippen molar-refractivity contribution in [3.8, 4) is 17.6 Å². The number of nitrogens with zero attached hydrogens (tertiary/aromatic N) is 1. The lowest BCUT2D eigenvalue weighted by molar-refractivity contribution is 0.0526. The van der Waals surface area contributed by atoms with Crippen molar-refractivity contribution in [3.05, 3.63) is 53.6 Å². The van der Waals surface area contributed by atoms with Crippen molar-refractivity contribution in [2.24, 2.45) is 0 Å². The molecule has 2 rings (SSSR count). The van der Waals surface area contributed by atoms with E-state index in [1.54, 1.807) is 13.0 Å². The summed E-state index contributed by atoms with van der Waals surface area (Å²) in [6.45, 7) is 3.17. The van der Waals surface area contributed by atoms with Crippen LogP contribution in [-0.2, 0) is 16.1 Å². The summed E-state index contributed by atoms with van der Waals surface area (Å²) in [4.78, 5) is 12.1. The number of hydrogen-bond acceptors (Lipinski definition) is 7. The molecule has 0 amide bonds. The fourth-order valence-corrected chi connectivity index (χ4v) is 2.35. The molecule has 2 aromatic rings. The van der Waals surface area contributed by atoms with E-state index in [9.17, 15) is 4.79 Å². The van der Waals surface area contributed by atoms with Crippen LogP contribution in [-0.4, -0.2) is 32.4 Å². The van der Waals surface area contributed by atoms with E-state index in [0.29, 0.717) is 37.7 Å². The van der Waals surface area contributed by atoms with Crippen LogP contribution in [0.5, 0.6) is 11.5 Å². The van der Waals surface area contributed by atoms with Gasteiger partial charge in [0.15, 0.2) is 11.5 Å². The smallest absolute Gasteiger partial charge is 0.340 e. The summed E-state index contributed by atoms with van der Waals surface area (Å²) in [6, 6.07) is 14.7. The molecular formula is C21H24N2O5. The zero-order valence-corrected chi connectivity index (χ0v) is 15.8. The van der Waals surface area contributed by atoms with Gasteiger partial charge in [-0.3, -0.25) is 0 Å². The van der Waals surface area contributed by atoms with E-state index in [-0.39, 0.29) is 24.5 Å². The summed E-state index contributed by atoms with van der Waals surface area (Å²) in [5.41, 5.74) is 7.46. The van der Waals surface area contributed by atoms with E-state index in [4.69, 9.17) is 29.9 Å². The maximum Gasteiger partial charge on any atom is 0.340 e. The summed E-state index contributed by atoms with van der Waals surface area (Å²) in [7, 11) is 0. The third-order valence-corrected chi connectivity index (χ3v) is 3.69. The van der Waals surface area contributed by atoms with Gasteiger partial charge in [-0.1, -0.05) is 30.3 Å². The van der Waals surface area contributed by atoms with Gasteiger partial charge in [0.1, 0.15) is 13.2 Å². The first-order valence-electron chi connectivity index (χ1n) is 9.00. The first kappa shape index (κ1) is 21.1. The highest BCUT2D eigenvalue weighted by molar-refractivity contribution is 5.96. The molecule has 0 fully saturated rings. The topological polar surface area (TPSA) is 104 Å². The van der Waals surface area contributed by atoms with Gasteiger partial charge >= 0.3 is 5.97 Å². The molecule has 0 saturated carbocycles. The van der Waals surface area contributed by atoms with E-state index < -0.39 is 5.97 Å². The number of rotatable bonds is 11. The average Bonchev–Trinajstić information content (AvgIpc) is 2.71. The monoisotopic (exact) mass is 384 g/mol. The molecule has 0 heterocycles. The maximum atomic E-state index is 12.1. The van der Waals surface area contributed by atoms with Gasteiger partial charge in [-0.05, 0) is 12.5 Å². The predicted octanol–water partition coefficient (Wildman–Crippen LogP) is 3.33. The lowest BCUT2D eigenvalue weighted by Crippen LogP contribution is -2.12. The highest BCUT2D eigenvalue weighted by atomic mass is 16.5. The number of nitrogens with two attached hydrogens (primary N) is 1. The molecule has 0 aliphatic rings. The van der Waals surface area contributed by atoms with Crippen molar-refractivity contribution in [2.45, 2.75) is 20.0 Å². The van der Waals surface area contributed by atoms with Crippen LogP contribution in [0.25, 0.3) is 0 Å². The molecule has 7 heteroatoms. The Hall–Kier alpha value is -3.24. The van der Waals surface area contributed by atoms with Crippen molar-refractivity contribution >= 4 is 11.7 Å². The molecule has 0 spiro atoms. The highest BCUT2D eigenvalue weighted by Crippen LogP contribution is 2.33. The Kier molecular flexibility index (Phi) is 8.63. The Labute approximate surface area is 164 Å². The van der Waals surface area contributed by atoms with Crippen LogP contribution in [0.3, 0.4) is 0 Å². The van der Waals surface area contributed by atoms with Gasteiger partial charge < -0.3 is 24.7 Å². The predicted molar refractivity (Wildman–Crippen MR) is 104 cm³/mol. The summed E-state index contributed by atoms with van der Waals surface area (Å²) in [6.07, 6.45) is 0.320. The van der Waals surface area contributed by atoms with Crippen LogP contribution in [0.15, 0.2) is 42.5 Å². The maximum absolute atomic E-state index is 12.1. The summed E-state index contributed by atoms with van der Waals surface area (Å²) in [5, 5.41) is 8.51. The fourth-order valence-electron chi connectivity index (χ4n) is 2.35. The van der Waals surface area contributed by atoms with Crippen molar-refractivity contribution in [2.75, 3.05) is 32.2 Å². The van der Waals surface area contributed by atoms with E-state index >= 15 is 0 Å². The second kappa shape index (κ2) is 11.5. The Morgan fingerprint density at radius 1 is 1.07 bits per heavy atom. The standard InChI is InChI=1S/C21H24N2O5/c1-2-26-21(24)17-13-19(27-12-11-25-10-6-9-22)20(14-18(17)23)28-15-16-7-4-3-5-8-16/h3-5,7-8,13-14H,2,6,10-12,15,23H2,1H3. The molecule has 0 aromatic heterocycles. The molecule has 148 valence electrons. The minimum atomic E-state index is -0.523. The second-order valence-electron chi connectivity index (χ2n) is 5.75. The van der Waals surface area contributed by atoms with Gasteiger partial charge in [-0.25, -0.2) is 4.79 Å². The third-order valence-electron chi connectivity index (χ3n) is 3.69. The molecule has 7 nitrogen and oxygen atoms in total. The van der Waals surface area contributed by atoms with Crippen LogP contribution in [0.2, 0.25) is 0 Å². The molecule has 0 aliphatic heterocycles. The number of anilines is 1. The number of nitriles is 1. The number of benzene rings is 2. The van der Waals surface area contributed by atoms with Gasteiger partial charge in [-0.2, -0.15) is 5.26 Å². The van der Waals surface area contributed by atoms with Gasteiger partial charge in [0.05, 0.1) is 43.6 Å². The van der Waals surface area contributed by atoms with Crippen molar-refractivity contribution in [1.29, 1.82) is 5.26 Å². The number of esters is 1. The van der Waals surface area contributed by atoms with Gasteiger partial charge in [0.2, 0.25) is 0 Å². The summed E-state index contributed by atoms with van der Waals surface area (Å²) >= 11 is 0. The highest BCUT2D eigenvalue weighted by Gasteiger charge is 2.17. The molecule has 0 saturated heterocycles. The second-order valence-corrected chi connectivity index (χ2v) is 5.75. The Morgan fingerprint density at radius 3 is 2.54 bits per heavy atom. The van der Waals surface area contributed by atoms with E-state index in [1.807, 2.05) is 36.4 Å². The Morgan fingerprint density at radius 2 is 1.82 bits per heavy atom. The molecular weight excluding hydrogens is 360 g/mol. The van der Waals surface area contributed by atoms with Gasteiger partial charge in [0, 0.05) is 12.1 Å². The number of nitrogen functional groups attached to an aromatic ring is 1. The SMILES string of the molecule is CCOC(=O)c1cc(OCCOCCC#N)c(OCc2ccccc2)cc1N. The lowest BCUT2D eigenvalue weighted by atomic mass is 10.1. The lowest BCUT2D eigenvalue weighted by Gasteiger charge is -2.16. The molecule has 2 N–H and O–H groups in total. The fraction of sp³-hybridized carbons (Fsp3) is 0.333. The van der Waals surface area contributed by atoms with E-state index in [2.05, 4.69) is 0 Å². The van der Waals surface area contributed by atoms with Gasteiger partial charge in [0.25, 0.3) is 0 Å². The summed E-state index contributed by atoms with van der Waals surface area (Å²) < 4.78 is 21.9. The summed E-state index contributed by atoms with van der Waals surface area (Å²) in [5.74, 6) is 0.272. The first-order chi connectivity index (χ1) is 13.7. The van der Waals surface area contributed by atoms with Crippen LogP contribution in [0.4, 0.5) is 5.69 Å². The van der Waals surface area contributed by atoms with Crippen LogP contribution in [0.1, 0.15) is 29.3 Å². The Bertz CT molecular complexity index is 802. The van der Waals surface area contributed by atoms with Crippen molar-refractivity contribution < 1.29 is 23.7 Å². The van der Waals surface area contributed by atoms with E-state index in [1.165, 1.54) is 6.07 Å². The Balaban J connectivity index is 2.12. The first-order valence-corrected chi connectivity index (χ1v) is 9.00. The molecule has 0 unspecified atom stereocenters. The third kappa shape index (κ3) is 6.49. The molecule has 0 atom stereocenters. The van der Waals surface area contributed by atoms with Crippen molar-refractivity contribution in [3.63, 3.8) is 0 Å². The number of hydrogen-bond donors (Lipinski definition) is 1. The molecule has 0 bridgehead atoms. The van der Waals surface area contributed by atoms with Crippen LogP contribution in [0, 0.1) is 11.3 Å². The van der Waals surface area contributed by atoms with Gasteiger partial charge in [-0.15, -0.1) is 0 Å². The van der Waals surface area contributed by atoms with E-state index in [0.717, 1.165) is 5.56 Å². The molecule has 0 radical (unpaired) electrons. The van der Waals surface area contributed by atoms with Crippen LogP contribution >= 0.6 is 0 Å². The number of ether oxygens (including phenoxy) is 4. The van der Waals surface area contributed by atoms with Crippen LogP contribution < -0.4 is 15.2 Å². The normalized spacial score (nSPS) is 10.1. The minimum Gasteiger partial charge on any atom is -0.487 e. The average molecular weight is 384 g/mol. The molecule has 28 heavy (non-hydrogen) atoms. The van der Waals surface area contributed by atoms with Crippen molar-refractivity contribution in [1.82, 2.24) is 0 Å². The zero-order chi connectivity index (χ0) is 20.2. The minimum absolute atomic E-state index is 0.217. The largest absolute Gasteiger partial charge is 0.487 e. The number of carbonyl (C=O) groups is 1. The number of carbonyl (C=O) groups excluding carboxylic acids is 1.